The second kappa shape index (κ2) is 11.5. The highest BCUT2D eigenvalue weighted by Crippen LogP contribution is 2.32. The number of carbonyl (C=O) groups is 2. The van der Waals surface area contributed by atoms with Crippen molar-refractivity contribution >= 4 is 39.7 Å². The van der Waals surface area contributed by atoms with Gasteiger partial charge in [-0.25, -0.2) is 14.4 Å². The van der Waals surface area contributed by atoms with E-state index in [0.29, 0.717) is 28.2 Å². The number of nitrogens with zero attached hydrogens (tertiary/aromatic N) is 7. The lowest BCUT2D eigenvalue weighted by Gasteiger charge is -2.27. The molecule has 0 spiro atoms. The third-order valence-electron chi connectivity index (χ3n) is 7.56. The van der Waals surface area contributed by atoms with Crippen LogP contribution in [0.4, 0.5) is 21.5 Å². The lowest BCUT2D eigenvalue weighted by Crippen LogP contribution is -2.40. The number of aryl methyl sites for hydroxylation is 1. The van der Waals surface area contributed by atoms with E-state index in [1.165, 1.54) is 18.2 Å². The van der Waals surface area contributed by atoms with Gasteiger partial charge in [-0.15, -0.1) is 10.2 Å². The number of aromatic nitrogens is 6. The highest BCUT2D eigenvalue weighted by atomic mass is 19.1. The van der Waals surface area contributed by atoms with Gasteiger partial charge in [-0.2, -0.15) is 0 Å². The summed E-state index contributed by atoms with van der Waals surface area (Å²) in [6.45, 7) is 5.58. The Morgan fingerprint density at radius 1 is 1.12 bits per heavy atom. The summed E-state index contributed by atoms with van der Waals surface area (Å²) in [6.07, 6.45) is 6.98. The molecule has 1 unspecified atom stereocenters. The van der Waals surface area contributed by atoms with Crippen LogP contribution in [0.2, 0.25) is 0 Å². The first kappa shape index (κ1) is 27.8. The van der Waals surface area contributed by atoms with Gasteiger partial charge in [0.1, 0.15) is 25.4 Å². The van der Waals surface area contributed by atoms with Gasteiger partial charge in [0.25, 0.3) is 0 Å². The number of hydrogen-bond acceptors (Lipinski definition) is 8. The fraction of sp³-hybridized carbons (Fsp3) is 0.226. The number of ketones is 1. The molecule has 12 heteroatoms. The van der Waals surface area contributed by atoms with Crippen molar-refractivity contribution in [2.75, 3.05) is 17.2 Å². The van der Waals surface area contributed by atoms with E-state index in [9.17, 15) is 14.0 Å². The third kappa shape index (κ3) is 5.59. The van der Waals surface area contributed by atoms with Crippen molar-refractivity contribution in [1.29, 1.82) is 0 Å². The SMILES string of the molecule is C=C(Nc1ccccc1-c1nncn1C)[C@@H]1CC(F)CN1C(=O)Cn1cc(C(C)=O)c2cc(Nc3cncnc3)ccc21. The number of benzene rings is 2. The highest BCUT2D eigenvalue weighted by molar-refractivity contribution is 6.08. The van der Waals surface area contributed by atoms with E-state index in [1.54, 1.807) is 34.1 Å². The molecule has 3 aromatic heterocycles. The van der Waals surface area contributed by atoms with Crippen molar-refractivity contribution in [3.8, 4) is 11.4 Å². The van der Waals surface area contributed by atoms with Crippen molar-refractivity contribution < 1.29 is 14.0 Å². The van der Waals surface area contributed by atoms with Gasteiger partial charge in [0.2, 0.25) is 5.91 Å². The maximum absolute atomic E-state index is 14.8. The first-order valence-corrected chi connectivity index (χ1v) is 13.8. The smallest absolute Gasteiger partial charge is 0.243 e. The summed E-state index contributed by atoms with van der Waals surface area (Å²) < 4.78 is 18.4. The molecule has 0 aliphatic carbocycles. The summed E-state index contributed by atoms with van der Waals surface area (Å²) in [4.78, 5) is 35.8. The second-order valence-corrected chi connectivity index (χ2v) is 10.6. The Labute approximate surface area is 247 Å². The maximum Gasteiger partial charge on any atom is 0.243 e. The van der Waals surface area contributed by atoms with Gasteiger partial charge in [0.05, 0.1) is 30.7 Å². The number of anilines is 3. The molecule has 1 amide bonds. The molecule has 6 rings (SSSR count). The Kier molecular flexibility index (Phi) is 7.41. The molecule has 2 aromatic carbocycles. The minimum absolute atomic E-state index is 0.0406. The van der Waals surface area contributed by atoms with Crippen molar-refractivity contribution in [2.45, 2.75) is 32.1 Å². The van der Waals surface area contributed by atoms with Gasteiger partial charge in [-0.1, -0.05) is 18.7 Å². The van der Waals surface area contributed by atoms with E-state index in [2.05, 4.69) is 37.4 Å². The summed E-state index contributed by atoms with van der Waals surface area (Å²) in [5, 5.41) is 15.4. The van der Waals surface area contributed by atoms with Crippen LogP contribution >= 0.6 is 0 Å². The Hall–Kier alpha value is -5.39. The van der Waals surface area contributed by atoms with Gasteiger partial charge in [0.15, 0.2) is 11.6 Å². The third-order valence-corrected chi connectivity index (χ3v) is 7.56. The summed E-state index contributed by atoms with van der Waals surface area (Å²) in [5.41, 5.74) is 4.70. The molecule has 0 saturated carbocycles. The second-order valence-electron chi connectivity index (χ2n) is 10.6. The predicted molar refractivity (Wildman–Crippen MR) is 161 cm³/mol. The lowest BCUT2D eigenvalue weighted by molar-refractivity contribution is -0.132. The van der Waals surface area contributed by atoms with Gasteiger partial charge < -0.3 is 24.7 Å². The van der Waals surface area contributed by atoms with Crippen LogP contribution in [-0.2, 0) is 18.4 Å². The number of Topliss-reactive ketones (excluding diaryl/α,β-unsaturated/α-hetero) is 1. The number of amides is 1. The van der Waals surface area contributed by atoms with E-state index in [4.69, 9.17) is 0 Å². The maximum atomic E-state index is 14.8. The molecule has 11 nitrogen and oxygen atoms in total. The number of hydrogen-bond donors (Lipinski definition) is 2. The molecule has 1 aliphatic heterocycles. The standard InChI is InChI=1S/C31H30FN9O2/c1-19(36-27-7-5-4-6-24(27)31-38-35-18-39(31)3)29-10-21(32)14-41(29)30(43)16-40-15-26(20(2)42)25-11-22(8-9-28(25)40)37-23-12-33-17-34-13-23/h4-9,11-13,15,17-18,21,29,36-37H,1,10,14,16H2,2-3H3/t21?,29-/m0/s1. The highest BCUT2D eigenvalue weighted by Gasteiger charge is 2.37. The van der Waals surface area contributed by atoms with Gasteiger partial charge >= 0.3 is 0 Å². The molecule has 1 aliphatic rings. The average Bonchev–Trinajstić information content (AvgIpc) is 3.70. The topological polar surface area (TPSA) is 123 Å². The molecule has 5 aromatic rings. The Bertz CT molecular complexity index is 1830. The largest absolute Gasteiger partial charge is 0.357 e. The summed E-state index contributed by atoms with van der Waals surface area (Å²) in [7, 11) is 1.85. The van der Waals surface area contributed by atoms with Crippen molar-refractivity contribution in [3.63, 3.8) is 0 Å². The molecule has 4 heterocycles. The molecule has 218 valence electrons. The van der Waals surface area contributed by atoms with E-state index < -0.39 is 12.2 Å². The summed E-state index contributed by atoms with van der Waals surface area (Å²) in [6, 6.07) is 12.6. The van der Waals surface area contributed by atoms with Gasteiger partial charge in [-0.3, -0.25) is 9.59 Å². The Balaban J connectivity index is 1.23. The number of likely N-dealkylation sites (tertiary alicyclic amines) is 1. The Morgan fingerprint density at radius 2 is 1.91 bits per heavy atom. The number of nitrogens with one attached hydrogen (secondary N) is 2. The molecule has 43 heavy (non-hydrogen) atoms. The zero-order chi connectivity index (χ0) is 30.1. The minimum atomic E-state index is -1.19. The van der Waals surface area contributed by atoms with Gasteiger partial charge in [-0.05, 0) is 37.3 Å². The summed E-state index contributed by atoms with van der Waals surface area (Å²) >= 11 is 0. The van der Waals surface area contributed by atoms with Crippen LogP contribution < -0.4 is 10.6 Å². The lowest BCUT2D eigenvalue weighted by atomic mass is 10.1. The van der Waals surface area contributed by atoms with E-state index in [0.717, 1.165) is 22.5 Å². The number of fused-ring (bicyclic) bond motifs is 1. The Morgan fingerprint density at radius 3 is 2.65 bits per heavy atom. The molecular weight excluding hydrogens is 549 g/mol. The molecule has 2 N–H and O–H groups in total. The molecule has 1 saturated heterocycles. The van der Waals surface area contributed by atoms with E-state index >= 15 is 0 Å². The van der Waals surface area contributed by atoms with Crippen LogP contribution in [0.5, 0.6) is 0 Å². The molecule has 0 bridgehead atoms. The zero-order valence-electron chi connectivity index (χ0n) is 23.7. The predicted octanol–water partition coefficient (Wildman–Crippen LogP) is 4.74. The van der Waals surface area contributed by atoms with Crippen molar-refractivity contribution in [2.24, 2.45) is 7.05 Å². The first-order chi connectivity index (χ1) is 20.8. The molecule has 1 fully saturated rings. The quantitative estimate of drug-likeness (QED) is 0.240. The van der Waals surface area contributed by atoms with Crippen molar-refractivity contribution in [3.05, 3.63) is 91.5 Å². The fourth-order valence-electron chi connectivity index (χ4n) is 5.51. The van der Waals surface area contributed by atoms with Crippen LogP contribution in [0, 0.1) is 0 Å². The van der Waals surface area contributed by atoms with E-state index in [-0.39, 0.29) is 31.2 Å². The number of carbonyl (C=O) groups excluding carboxylic acids is 2. The van der Waals surface area contributed by atoms with E-state index in [1.807, 2.05) is 49.5 Å². The van der Waals surface area contributed by atoms with Crippen LogP contribution in [0.1, 0.15) is 23.7 Å². The zero-order valence-corrected chi connectivity index (χ0v) is 23.7. The van der Waals surface area contributed by atoms with Crippen LogP contribution in [0.25, 0.3) is 22.3 Å². The average molecular weight is 580 g/mol. The monoisotopic (exact) mass is 579 g/mol. The molecule has 0 radical (unpaired) electrons. The number of halogens is 1. The first-order valence-electron chi connectivity index (χ1n) is 13.8. The van der Waals surface area contributed by atoms with Gasteiger partial charge in [0, 0.05) is 58.8 Å². The minimum Gasteiger partial charge on any atom is -0.357 e. The fourth-order valence-corrected chi connectivity index (χ4v) is 5.51. The van der Waals surface area contributed by atoms with Crippen LogP contribution in [0.15, 0.2) is 86.0 Å². The summed E-state index contributed by atoms with van der Waals surface area (Å²) in [5.74, 6) is 0.263. The number of rotatable bonds is 9. The van der Waals surface area contributed by atoms with Crippen molar-refractivity contribution in [1.82, 2.24) is 34.2 Å². The molecule has 2 atom stereocenters. The van der Waals surface area contributed by atoms with Crippen LogP contribution in [-0.4, -0.2) is 64.6 Å². The number of alkyl halides is 1. The normalized spacial score (nSPS) is 16.4. The van der Waals surface area contributed by atoms with Crippen LogP contribution in [0.3, 0.4) is 0 Å². The molecular formula is C31H30FN9O2. The number of para-hydroxylation sites is 1.